The summed E-state index contributed by atoms with van der Waals surface area (Å²) in [6.45, 7) is 9.52. The molecule has 4 N–H and O–H groups in total. The number of benzene rings is 1. The van der Waals surface area contributed by atoms with Crippen molar-refractivity contribution in [1.29, 1.82) is 0 Å². The second-order valence-corrected chi connectivity index (χ2v) is 9.53. The van der Waals surface area contributed by atoms with Gasteiger partial charge in [0.25, 0.3) is 0 Å². The standard InChI is InChI=1S/C24H36BN3O4/c1-16(2)21-5-3-4-18-13-22(25(30)32-24(18)21)28-23(29)12-17-6-8-19(9-7-17)26-10-11-27-20-14-31-15-20/h3-5,17,19-20,22,26-27,30H,1,6-15H2,2H3,(H,28,29)/t17?,19?,22-/m0/s1. The Kier molecular flexibility index (Phi) is 7.89. The van der Waals surface area contributed by atoms with Crippen LogP contribution in [0.3, 0.4) is 0 Å². The van der Waals surface area contributed by atoms with E-state index in [-0.39, 0.29) is 5.91 Å². The predicted octanol–water partition coefficient (Wildman–Crippen LogP) is 1.69. The highest BCUT2D eigenvalue weighted by Gasteiger charge is 2.37. The smallest absolute Gasteiger partial charge is 0.534 e. The Hall–Kier alpha value is -1.87. The fourth-order valence-corrected chi connectivity index (χ4v) is 4.89. The van der Waals surface area contributed by atoms with E-state index in [1.807, 2.05) is 25.1 Å². The molecule has 0 radical (unpaired) electrons. The van der Waals surface area contributed by atoms with E-state index in [2.05, 4.69) is 22.5 Å². The average Bonchev–Trinajstić information content (AvgIpc) is 2.73. The highest BCUT2D eigenvalue weighted by atomic mass is 16.5. The number of carbonyl (C=O) groups excluding carboxylic acids is 1. The van der Waals surface area contributed by atoms with Crippen LogP contribution in [-0.4, -0.2) is 62.4 Å². The zero-order valence-corrected chi connectivity index (χ0v) is 19.1. The molecule has 0 spiro atoms. The highest BCUT2D eigenvalue weighted by molar-refractivity contribution is 6.46. The number of hydrogen-bond acceptors (Lipinski definition) is 6. The summed E-state index contributed by atoms with van der Waals surface area (Å²) < 4.78 is 10.9. The second kappa shape index (κ2) is 10.8. The first-order valence-electron chi connectivity index (χ1n) is 12.0. The van der Waals surface area contributed by atoms with E-state index in [0.29, 0.717) is 36.6 Å². The molecular formula is C24H36BN3O4. The van der Waals surface area contributed by atoms with Gasteiger partial charge < -0.3 is 30.4 Å². The van der Waals surface area contributed by atoms with E-state index in [1.165, 1.54) is 0 Å². The summed E-state index contributed by atoms with van der Waals surface area (Å²) in [5.41, 5.74) is 2.79. The summed E-state index contributed by atoms with van der Waals surface area (Å²) in [5, 5.41) is 20.6. The molecular weight excluding hydrogens is 405 g/mol. The van der Waals surface area contributed by atoms with Crippen LogP contribution in [0.5, 0.6) is 5.75 Å². The number of rotatable bonds is 9. The Morgan fingerprint density at radius 3 is 2.53 bits per heavy atom. The van der Waals surface area contributed by atoms with Crippen molar-refractivity contribution in [3.8, 4) is 5.75 Å². The zero-order valence-electron chi connectivity index (χ0n) is 19.1. The maximum Gasteiger partial charge on any atom is 0.547 e. The van der Waals surface area contributed by atoms with E-state index in [9.17, 15) is 9.82 Å². The van der Waals surface area contributed by atoms with Gasteiger partial charge in [-0.2, -0.15) is 0 Å². The Morgan fingerprint density at radius 1 is 1.16 bits per heavy atom. The molecule has 2 fully saturated rings. The molecule has 0 aromatic heterocycles. The van der Waals surface area contributed by atoms with Gasteiger partial charge in [-0.3, -0.25) is 4.79 Å². The topological polar surface area (TPSA) is 91.9 Å². The second-order valence-electron chi connectivity index (χ2n) is 9.53. The molecule has 32 heavy (non-hydrogen) atoms. The third kappa shape index (κ3) is 5.92. The van der Waals surface area contributed by atoms with Gasteiger partial charge in [0.2, 0.25) is 5.91 Å². The number of hydrogen-bond donors (Lipinski definition) is 4. The molecule has 1 aromatic carbocycles. The minimum absolute atomic E-state index is 0.000447. The number of carbonyl (C=O) groups is 1. The average molecular weight is 441 g/mol. The molecule has 1 saturated heterocycles. The van der Waals surface area contributed by atoms with Gasteiger partial charge in [-0.1, -0.05) is 24.8 Å². The molecule has 3 aliphatic rings. The van der Waals surface area contributed by atoms with Gasteiger partial charge in [0, 0.05) is 31.1 Å². The van der Waals surface area contributed by atoms with E-state index in [4.69, 9.17) is 9.39 Å². The van der Waals surface area contributed by atoms with Gasteiger partial charge in [-0.25, -0.2) is 0 Å². The quantitative estimate of drug-likeness (QED) is 0.345. The van der Waals surface area contributed by atoms with Crippen LogP contribution < -0.4 is 20.6 Å². The molecule has 1 aliphatic carbocycles. The molecule has 1 aromatic rings. The molecule has 1 amide bonds. The molecule has 7 nitrogen and oxygen atoms in total. The maximum absolute atomic E-state index is 12.7. The van der Waals surface area contributed by atoms with Crippen molar-refractivity contribution in [1.82, 2.24) is 16.0 Å². The number of ether oxygens (including phenoxy) is 1. The summed E-state index contributed by atoms with van der Waals surface area (Å²) in [5.74, 6) is 0.657. The molecule has 2 heterocycles. The summed E-state index contributed by atoms with van der Waals surface area (Å²) in [6, 6.07) is 6.96. The van der Waals surface area contributed by atoms with Gasteiger partial charge in [0.05, 0.1) is 25.2 Å². The minimum Gasteiger partial charge on any atom is -0.534 e. The molecule has 0 unspecified atom stereocenters. The Bertz CT molecular complexity index is 808. The lowest BCUT2D eigenvalue weighted by molar-refractivity contribution is -0.122. The summed E-state index contributed by atoms with van der Waals surface area (Å²) in [7, 11) is -1.05. The van der Waals surface area contributed by atoms with Gasteiger partial charge in [0.15, 0.2) is 0 Å². The van der Waals surface area contributed by atoms with Gasteiger partial charge in [-0.15, -0.1) is 0 Å². The van der Waals surface area contributed by atoms with Gasteiger partial charge in [0.1, 0.15) is 5.75 Å². The predicted molar refractivity (Wildman–Crippen MR) is 126 cm³/mol. The number of nitrogens with one attached hydrogen (secondary N) is 3. The van der Waals surface area contributed by atoms with E-state index >= 15 is 0 Å². The van der Waals surface area contributed by atoms with Crippen molar-refractivity contribution in [3.05, 3.63) is 35.9 Å². The maximum atomic E-state index is 12.7. The van der Waals surface area contributed by atoms with Crippen LogP contribution in [0.15, 0.2) is 24.8 Å². The number of amides is 1. The van der Waals surface area contributed by atoms with Crippen LogP contribution in [0.1, 0.15) is 50.2 Å². The molecule has 4 rings (SSSR count). The Morgan fingerprint density at radius 2 is 1.88 bits per heavy atom. The van der Waals surface area contributed by atoms with Crippen molar-refractivity contribution in [2.75, 3.05) is 26.3 Å². The zero-order chi connectivity index (χ0) is 22.5. The van der Waals surface area contributed by atoms with Crippen LogP contribution in [-0.2, 0) is 16.0 Å². The molecule has 1 saturated carbocycles. The van der Waals surface area contributed by atoms with Gasteiger partial charge in [-0.05, 0) is 56.1 Å². The van der Waals surface area contributed by atoms with E-state index in [1.54, 1.807) is 0 Å². The lowest BCUT2D eigenvalue weighted by Crippen LogP contribution is -2.53. The van der Waals surface area contributed by atoms with Gasteiger partial charge >= 0.3 is 7.12 Å². The largest absolute Gasteiger partial charge is 0.547 e. The normalized spacial score (nSPS) is 25.4. The summed E-state index contributed by atoms with van der Waals surface area (Å²) >= 11 is 0. The fraction of sp³-hybridized carbons (Fsp3) is 0.625. The van der Waals surface area contributed by atoms with E-state index < -0.39 is 13.1 Å². The van der Waals surface area contributed by atoms with Crippen molar-refractivity contribution < 1.29 is 19.2 Å². The van der Waals surface area contributed by atoms with Crippen LogP contribution >= 0.6 is 0 Å². The van der Waals surface area contributed by atoms with Crippen LogP contribution in [0.4, 0.5) is 0 Å². The lowest BCUT2D eigenvalue weighted by Gasteiger charge is -2.32. The lowest BCUT2D eigenvalue weighted by atomic mass is 9.72. The molecule has 2 aliphatic heterocycles. The third-order valence-electron chi connectivity index (χ3n) is 6.88. The van der Waals surface area contributed by atoms with Crippen LogP contribution in [0, 0.1) is 5.92 Å². The monoisotopic (exact) mass is 441 g/mol. The fourth-order valence-electron chi connectivity index (χ4n) is 4.89. The van der Waals surface area contributed by atoms with Crippen LogP contribution in [0.2, 0.25) is 0 Å². The third-order valence-corrected chi connectivity index (χ3v) is 6.88. The molecule has 1 atom stereocenters. The summed E-state index contributed by atoms with van der Waals surface area (Å²) in [6.07, 6.45) is 5.40. The molecule has 0 bridgehead atoms. The number of fused-ring (bicyclic) bond motifs is 1. The summed E-state index contributed by atoms with van der Waals surface area (Å²) in [4.78, 5) is 12.7. The first-order valence-corrected chi connectivity index (χ1v) is 12.0. The van der Waals surface area contributed by atoms with Crippen molar-refractivity contribution in [3.63, 3.8) is 0 Å². The molecule has 8 heteroatoms. The minimum atomic E-state index is -1.05. The Balaban J connectivity index is 1.17. The first-order chi connectivity index (χ1) is 15.5. The first kappa shape index (κ1) is 23.3. The number of allylic oxidation sites excluding steroid dienone is 1. The Labute approximate surface area is 191 Å². The highest BCUT2D eigenvalue weighted by Crippen LogP contribution is 2.33. The number of para-hydroxylation sites is 1. The van der Waals surface area contributed by atoms with Crippen LogP contribution in [0.25, 0.3) is 5.57 Å². The van der Waals surface area contributed by atoms with Crippen molar-refractivity contribution in [2.24, 2.45) is 5.92 Å². The molecule has 174 valence electrons. The van der Waals surface area contributed by atoms with E-state index in [0.717, 1.165) is 68.7 Å². The SMILES string of the molecule is C=C(C)c1cccc2c1OB(O)[C@@H](NC(=O)CC1CCC(NCCNC3COC3)CC1)C2. The van der Waals surface area contributed by atoms with Crippen molar-refractivity contribution in [2.45, 2.75) is 63.5 Å². The van der Waals surface area contributed by atoms with Crippen molar-refractivity contribution >= 4 is 18.6 Å².